The minimum absolute atomic E-state index is 0.0351. The zero-order valence-electron chi connectivity index (χ0n) is 13.1. The highest BCUT2D eigenvalue weighted by Gasteiger charge is 2.30. The second-order valence-corrected chi connectivity index (χ2v) is 5.49. The number of amides is 1. The van der Waals surface area contributed by atoms with Gasteiger partial charge in [-0.05, 0) is 52.3 Å². The summed E-state index contributed by atoms with van der Waals surface area (Å²) >= 11 is 0. The van der Waals surface area contributed by atoms with Crippen molar-refractivity contribution in [3.63, 3.8) is 0 Å². The van der Waals surface area contributed by atoms with Crippen molar-refractivity contribution in [2.24, 2.45) is 5.92 Å². The number of carbonyl (C=O) groups is 1. The smallest absolute Gasteiger partial charge is 0.272 e. The lowest BCUT2D eigenvalue weighted by atomic mass is 9.82. The molecule has 5 heteroatoms. The van der Waals surface area contributed by atoms with Gasteiger partial charge in [0.2, 0.25) is 0 Å². The average molecular weight is 291 g/mol. The highest BCUT2D eigenvalue weighted by Crippen LogP contribution is 2.30. The Morgan fingerprint density at radius 2 is 2.14 bits per heavy atom. The van der Waals surface area contributed by atoms with E-state index in [9.17, 15) is 4.79 Å². The molecule has 0 bridgehead atoms. The highest BCUT2D eigenvalue weighted by atomic mass is 16.5. The van der Waals surface area contributed by atoms with Crippen LogP contribution >= 0.6 is 0 Å². The monoisotopic (exact) mass is 291 g/mol. The summed E-state index contributed by atoms with van der Waals surface area (Å²) < 4.78 is 5.93. The molecular weight excluding hydrogens is 266 g/mol. The normalized spacial score (nSPS) is 20.7. The first-order chi connectivity index (χ1) is 10.2. The van der Waals surface area contributed by atoms with Crippen molar-refractivity contribution in [2.75, 3.05) is 26.7 Å². The summed E-state index contributed by atoms with van der Waals surface area (Å²) in [6.45, 7) is 6.37. The van der Waals surface area contributed by atoms with Crippen LogP contribution in [0.4, 0.5) is 0 Å². The van der Waals surface area contributed by atoms with Crippen molar-refractivity contribution in [3.05, 3.63) is 24.0 Å². The van der Waals surface area contributed by atoms with Crippen molar-refractivity contribution < 1.29 is 9.53 Å². The Hall–Kier alpha value is -1.62. The average Bonchev–Trinajstić information content (AvgIpc) is 2.46. The number of hydrogen-bond acceptors (Lipinski definition) is 4. The van der Waals surface area contributed by atoms with Crippen molar-refractivity contribution in [3.8, 4) is 5.75 Å². The van der Waals surface area contributed by atoms with Gasteiger partial charge in [0.15, 0.2) is 0 Å². The molecule has 0 radical (unpaired) electrons. The molecule has 1 saturated carbocycles. The molecule has 1 aromatic heterocycles. The molecule has 2 rings (SSSR count). The van der Waals surface area contributed by atoms with Gasteiger partial charge in [0, 0.05) is 25.4 Å². The van der Waals surface area contributed by atoms with E-state index in [0.29, 0.717) is 24.7 Å². The molecule has 1 heterocycles. The number of nitrogens with zero attached hydrogens (tertiary/aromatic N) is 2. The zero-order chi connectivity index (χ0) is 15.2. The first kappa shape index (κ1) is 15.8. The Bertz CT molecular complexity index is 468. The third-order valence-electron chi connectivity index (χ3n) is 3.99. The van der Waals surface area contributed by atoms with E-state index in [2.05, 4.69) is 10.3 Å². The molecule has 1 amide bonds. The Balaban J connectivity index is 1.94. The molecule has 116 valence electrons. The van der Waals surface area contributed by atoms with Crippen LogP contribution in [0.1, 0.15) is 37.2 Å². The van der Waals surface area contributed by atoms with Gasteiger partial charge >= 0.3 is 0 Å². The minimum atomic E-state index is -0.0351. The third kappa shape index (κ3) is 3.94. The number of nitrogens with one attached hydrogen (secondary N) is 1. The molecule has 5 nitrogen and oxygen atoms in total. The molecule has 0 aromatic carbocycles. The molecule has 0 atom stereocenters. The summed E-state index contributed by atoms with van der Waals surface area (Å²) in [6.07, 6.45) is 4.06. The van der Waals surface area contributed by atoms with E-state index in [4.69, 9.17) is 4.74 Å². The number of hydrogen-bond donors (Lipinski definition) is 1. The van der Waals surface area contributed by atoms with Crippen molar-refractivity contribution in [2.45, 2.75) is 32.8 Å². The summed E-state index contributed by atoms with van der Waals surface area (Å²) in [5.41, 5.74) is 0.460. The second kappa shape index (κ2) is 7.41. The van der Waals surface area contributed by atoms with Gasteiger partial charge in [0.25, 0.3) is 5.91 Å². The number of aromatic nitrogens is 1. The predicted octanol–water partition coefficient (Wildman–Crippen LogP) is 1.94. The van der Waals surface area contributed by atoms with Crippen LogP contribution < -0.4 is 10.1 Å². The van der Waals surface area contributed by atoms with Crippen LogP contribution in [0.3, 0.4) is 0 Å². The fraction of sp³-hybridized carbons (Fsp3) is 0.625. The van der Waals surface area contributed by atoms with Crippen LogP contribution in [0.15, 0.2) is 18.3 Å². The van der Waals surface area contributed by atoms with Gasteiger partial charge < -0.3 is 15.0 Å². The molecule has 1 fully saturated rings. The lowest BCUT2D eigenvalue weighted by Gasteiger charge is -2.35. The molecule has 1 aliphatic rings. The molecule has 0 saturated heterocycles. The van der Waals surface area contributed by atoms with E-state index < -0.39 is 0 Å². The standard InChI is InChI=1S/C16H25N3O2/c1-4-19(5-2)16(20)15-10-13(6-7-18-15)21-14-8-12(9-14)11-17-3/h6-7,10,12,14,17H,4-5,8-9,11H2,1-3H3. The summed E-state index contributed by atoms with van der Waals surface area (Å²) in [5.74, 6) is 1.42. The summed E-state index contributed by atoms with van der Waals surface area (Å²) in [6, 6.07) is 3.58. The Kier molecular flexibility index (Phi) is 5.56. The fourth-order valence-corrected chi connectivity index (χ4v) is 2.69. The zero-order valence-corrected chi connectivity index (χ0v) is 13.1. The molecular formula is C16H25N3O2. The summed E-state index contributed by atoms with van der Waals surface area (Å²) in [4.78, 5) is 18.2. The maximum absolute atomic E-state index is 12.3. The molecule has 21 heavy (non-hydrogen) atoms. The molecule has 0 unspecified atom stereocenters. The van der Waals surface area contributed by atoms with Gasteiger partial charge in [-0.2, -0.15) is 0 Å². The number of ether oxygens (including phenoxy) is 1. The Morgan fingerprint density at radius 1 is 1.43 bits per heavy atom. The third-order valence-corrected chi connectivity index (χ3v) is 3.99. The van der Waals surface area contributed by atoms with Gasteiger partial charge in [0.05, 0.1) is 6.10 Å². The predicted molar refractivity (Wildman–Crippen MR) is 82.6 cm³/mol. The highest BCUT2D eigenvalue weighted by molar-refractivity contribution is 5.92. The van der Waals surface area contributed by atoms with Gasteiger partial charge in [-0.1, -0.05) is 0 Å². The number of carbonyl (C=O) groups excluding carboxylic acids is 1. The van der Waals surface area contributed by atoms with Crippen LogP contribution in [0, 0.1) is 5.92 Å². The van der Waals surface area contributed by atoms with Crippen molar-refractivity contribution in [1.29, 1.82) is 0 Å². The number of rotatable bonds is 7. The molecule has 0 aliphatic heterocycles. The van der Waals surface area contributed by atoms with Crippen LogP contribution in [0.25, 0.3) is 0 Å². The van der Waals surface area contributed by atoms with E-state index in [1.807, 2.05) is 27.0 Å². The van der Waals surface area contributed by atoms with E-state index in [-0.39, 0.29) is 12.0 Å². The minimum Gasteiger partial charge on any atom is -0.490 e. The van der Waals surface area contributed by atoms with Crippen molar-refractivity contribution in [1.82, 2.24) is 15.2 Å². The molecule has 1 N–H and O–H groups in total. The fourth-order valence-electron chi connectivity index (χ4n) is 2.69. The van der Waals surface area contributed by atoms with Gasteiger partial charge in [0.1, 0.15) is 11.4 Å². The van der Waals surface area contributed by atoms with E-state index >= 15 is 0 Å². The van der Waals surface area contributed by atoms with Crippen LogP contribution in [0.2, 0.25) is 0 Å². The topological polar surface area (TPSA) is 54.5 Å². The lowest BCUT2D eigenvalue weighted by molar-refractivity contribution is 0.0649. The van der Waals surface area contributed by atoms with Gasteiger partial charge in [-0.3, -0.25) is 9.78 Å². The first-order valence-corrected chi connectivity index (χ1v) is 7.74. The Labute approximate surface area is 126 Å². The maximum atomic E-state index is 12.3. The van der Waals surface area contributed by atoms with E-state index in [1.54, 1.807) is 17.2 Å². The Morgan fingerprint density at radius 3 is 2.76 bits per heavy atom. The SMILES string of the molecule is CCN(CC)C(=O)c1cc(OC2CC(CNC)C2)ccn1. The number of pyridine rings is 1. The quantitative estimate of drug-likeness (QED) is 0.834. The van der Waals surface area contributed by atoms with E-state index in [1.165, 1.54) is 0 Å². The van der Waals surface area contributed by atoms with Crippen molar-refractivity contribution >= 4 is 5.91 Å². The summed E-state index contributed by atoms with van der Waals surface area (Å²) in [7, 11) is 1.97. The van der Waals surface area contributed by atoms with Gasteiger partial charge in [-0.25, -0.2) is 0 Å². The lowest BCUT2D eigenvalue weighted by Crippen LogP contribution is -2.38. The van der Waals surface area contributed by atoms with Crippen LogP contribution in [-0.2, 0) is 0 Å². The maximum Gasteiger partial charge on any atom is 0.272 e. The van der Waals surface area contributed by atoms with Gasteiger partial charge in [-0.15, -0.1) is 0 Å². The van der Waals surface area contributed by atoms with Crippen LogP contribution in [-0.4, -0.2) is 48.6 Å². The second-order valence-electron chi connectivity index (χ2n) is 5.49. The first-order valence-electron chi connectivity index (χ1n) is 7.74. The van der Waals surface area contributed by atoms with E-state index in [0.717, 1.165) is 25.1 Å². The largest absolute Gasteiger partial charge is 0.490 e. The summed E-state index contributed by atoms with van der Waals surface area (Å²) in [5, 5.41) is 3.19. The molecule has 0 spiro atoms. The molecule has 1 aromatic rings. The van der Waals surface area contributed by atoms with Crippen LogP contribution in [0.5, 0.6) is 5.75 Å². The molecule has 1 aliphatic carbocycles.